The first kappa shape index (κ1) is 19.5. The molecule has 2 aromatic rings. The van der Waals surface area contributed by atoms with Gasteiger partial charge in [-0.1, -0.05) is 41.9 Å². The minimum Gasteiger partial charge on any atom is -0.349 e. The van der Waals surface area contributed by atoms with Gasteiger partial charge in [-0.2, -0.15) is 26.3 Å². The predicted octanol–water partition coefficient (Wildman–Crippen LogP) is 5.64. The van der Waals surface area contributed by atoms with Crippen LogP contribution in [0.2, 0.25) is 5.02 Å². The molecule has 0 N–H and O–H groups in total. The Morgan fingerprint density at radius 2 is 1.41 bits per heavy atom. The molecule has 1 aliphatic heterocycles. The van der Waals surface area contributed by atoms with Gasteiger partial charge in [-0.25, -0.2) is 4.99 Å². The van der Waals surface area contributed by atoms with E-state index in [0.29, 0.717) is 5.02 Å². The smallest absolute Gasteiger partial charge is 0.349 e. The molecule has 1 heterocycles. The van der Waals surface area contributed by atoms with Crippen LogP contribution in [-0.2, 0) is 0 Å². The fourth-order valence-corrected chi connectivity index (χ4v) is 3.40. The van der Waals surface area contributed by atoms with Gasteiger partial charge in [-0.3, -0.25) is 0 Å². The Labute approximate surface area is 156 Å². The Kier molecular flexibility index (Phi) is 4.66. The van der Waals surface area contributed by atoms with Gasteiger partial charge in [0.15, 0.2) is 0 Å². The first-order valence-corrected chi connectivity index (χ1v) is 8.14. The highest BCUT2D eigenvalue weighted by atomic mass is 35.5. The van der Waals surface area contributed by atoms with Crippen molar-refractivity contribution in [3.05, 3.63) is 70.7 Å². The SMILES string of the molecule is CN1C(c2ccc(Cl)cc2)=NC(C(F)(F)F)(C(F)(F)F)C1c1ccccc1. The monoisotopic (exact) mass is 406 g/mol. The lowest BCUT2D eigenvalue weighted by atomic mass is 9.84. The van der Waals surface area contributed by atoms with E-state index in [1.807, 2.05) is 0 Å². The zero-order valence-electron chi connectivity index (χ0n) is 13.8. The van der Waals surface area contributed by atoms with Crippen molar-refractivity contribution in [1.82, 2.24) is 4.90 Å². The summed E-state index contributed by atoms with van der Waals surface area (Å²) < 4.78 is 83.4. The van der Waals surface area contributed by atoms with Gasteiger partial charge < -0.3 is 4.90 Å². The van der Waals surface area contributed by atoms with Gasteiger partial charge in [-0.15, -0.1) is 0 Å². The Hall–Kier alpha value is -2.22. The summed E-state index contributed by atoms with van der Waals surface area (Å²) in [7, 11) is 1.17. The number of hydrogen-bond donors (Lipinski definition) is 0. The van der Waals surface area contributed by atoms with Gasteiger partial charge in [0, 0.05) is 17.6 Å². The molecule has 0 fully saturated rings. The van der Waals surface area contributed by atoms with Crippen LogP contribution in [0.15, 0.2) is 59.6 Å². The molecule has 2 aromatic carbocycles. The molecule has 0 spiro atoms. The number of alkyl halides is 6. The third kappa shape index (κ3) is 3.05. The second kappa shape index (κ2) is 6.44. The van der Waals surface area contributed by atoms with Crippen LogP contribution < -0.4 is 0 Å². The van der Waals surface area contributed by atoms with Crippen molar-refractivity contribution < 1.29 is 26.3 Å². The molecule has 0 saturated heterocycles. The first-order chi connectivity index (χ1) is 12.5. The fraction of sp³-hybridized carbons (Fsp3) is 0.278. The van der Waals surface area contributed by atoms with Crippen LogP contribution in [0.3, 0.4) is 0 Å². The fourth-order valence-electron chi connectivity index (χ4n) is 3.27. The molecule has 144 valence electrons. The highest BCUT2D eigenvalue weighted by Crippen LogP contribution is 2.57. The summed E-state index contributed by atoms with van der Waals surface area (Å²) in [5.74, 6) is -0.407. The van der Waals surface area contributed by atoms with Gasteiger partial charge in [0.1, 0.15) is 5.84 Å². The molecular weight excluding hydrogens is 394 g/mol. The maximum atomic E-state index is 13.9. The number of nitrogens with zero attached hydrogens (tertiary/aromatic N) is 2. The van der Waals surface area contributed by atoms with E-state index >= 15 is 0 Å². The molecule has 0 aromatic heterocycles. The summed E-state index contributed by atoms with van der Waals surface area (Å²) in [6.07, 6.45) is -11.3. The van der Waals surface area contributed by atoms with Gasteiger partial charge in [0.25, 0.3) is 5.54 Å². The van der Waals surface area contributed by atoms with E-state index < -0.39 is 29.8 Å². The molecular formula is C18H13ClF6N2. The molecule has 27 heavy (non-hydrogen) atoms. The van der Waals surface area contributed by atoms with Crippen molar-refractivity contribution in [2.24, 2.45) is 4.99 Å². The Morgan fingerprint density at radius 1 is 0.889 bits per heavy atom. The van der Waals surface area contributed by atoms with Crippen molar-refractivity contribution in [3.63, 3.8) is 0 Å². The molecule has 9 heteroatoms. The number of rotatable bonds is 2. The number of halogens is 7. The molecule has 1 aliphatic rings. The van der Waals surface area contributed by atoms with Crippen LogP contribution in [0.5, 0.6) is 0 Å². The lowest BCUT2D eigenvalue weighted by molar-refractivity contribution is -0.304. The minimum atomic E-state index is -5.66. The number of likely N-dealkylation sites (N-methyl/N-ethyl adjacent to an activating group) is 1. The lowest BCUT2D eigenvalue weighted by Gasteiger charge is -2.38. The van der Waals surface area contributed by atoms with Crippen LogP contribution in [0.4, 0.5) is 26.3 Å². The molecule has 0 amide bonds. The van der Waals surface area contributed by atoms with E-state index in [2.05, 4.69) is 4.99 Å². The summed E-state index contributed by atoms with van der Waals surface area (Å²) in [4.78, 5) is 4.17. The molecule has 1 atom stereocenters. The normalized spacial score (nSPS) is 19.9. The number of aliphatic imine (C=N–C) groups is 1. The zero-order chi connectivity index (χ0) is 20.0. The summed E-state index contributed by atoms with van der Waals surface area (Å²) in [6, 6.07) is 10.1. The third-order valence-electron chi connectivity index (χ3n) is 4.48. The molecule has 1 unspecified atom stereocenters. The largest absolute Gasteiger partial charge is 0.425 e. The van der Waals surface area contributed by atoms with Crippen LogP contribution >= 0.6 is 11.6 Å². The summed E-state index contributed by atoms with van der Waals surface area (Å²) in [5.41, 5.74) is -4.31. The van der Waals surface area contributed by atoms with E-state index in [9.17, 15) is 26.3 Å². The van der Waals surface area contributed by atoms with Crippen molar-refractivity contribution in [2.45, 2.75) is 23.9 Å². The van der Waals surface area contributed by atoms with E-state index in [1.54, 1.807) is 0 Å². The van der Waals surface area contributed by atoms with Gasteiger partial charge in [-0.05, 0) is 29.8 Å². The molecule has 0 saturated carbocycles. The molecule has 0 aliphatic carbocycles. The maximum absolute atomic E-state index is 13.9. The Bertz CT molecular complexity index is 829. The lowest BCUT2D eigenvalue weighted by Crippen LogP contribution is -2.59. The van der Waals surface area contributed by atoms with Gasteiger partial charge in [0.05, 0.1) is 6.04 Å². The summed E-state index contributed by atoms with van der Waals surface area (Å²) in [5, 5.41) is 0.303. The third-order valence-corrected chi connectivity index (χ3v) is 4.73. The maximum Gasteiger partial charge on any atom is 0.425 e. The predicted molar refractivity (Wildman–Crippen MR) is 89.8 cm³/mol. The second-order valence-corrected chi connectivity index (χ2v) is 6.56. The highest BCUT2D eigenvalue weighted by Gasteiger charge is 2.78. The van der Waals surface area contributed by atoms with Crippen molar-refractivity contribution in [1.29, 1.82) is 0 Å². The van der Waals surface area contributed by atoms with E-state index in [0.717, 1.165) is 4.90 Å². The molecule has 3 rings (SSSR count). The van der Waals surface area contributed by atoms with E-state index in [4.69, 9.17) is 11.6 Å². The molecule has 0 radical (unpaired) electrons. The number of hydrogen-bond acceptors (Lipinski definition) is 2. The summed E-state index contributed by atoms with van der Waals surface area (Å²) in [6.45, 7) is 0. The molecule has 2 nitrogen and oxygen atoms in total. The van der Waals surface area contributed by atoms with Crippen molar-refractivity contribution >= 4 is 17.4 Å². The quantitative estimate of drug-likeness (QED) is 0.590. The van der Waals surface area contributed by atoms with E-state index in [1.165, 1.54) is 61.6 Å². The average Bonchev–Trinajstić information content (AvgIpc) is 2.90. The van der Waals surface area contributed by atoms with E-state index in [-0.39, 0.29) is 11.1 Å². The second-order valence-electron chi connectivity index (χ2n) is 6.13. The van der Waals surface area contributed by atoms with Crippen LogP contribution in [0.1, 0.15) is 17.2 Å². The van der Waals surface area contributed by atoms with Crippen molar-refractivity contribution in [2.75, 3.05) is 7.05 Å². The van der Waals surface area contributed by atoms with Crippen LogP contribution in [-0.4, -0.2) is 35.7 Å². The zero-order valence-corrected chi connectivity index (χ0v) is 14.6. The standard InChI is InChI=1S/C18H13ClF6N2/c1-27-14(11-5-3-2-4-6-11)16(17(20,21)22,18(23,24)25)26-15(27)12-7-9-13(19)10-8-12/h2-10,14H,1H3. The highest BCUT2D eigenvalue weighted by molar-refractivity contribution is 6.30. The first-order valence-electron chi connectivity index (χ1n) is 7.76. The van der Waals surface area contributed by atoms with Gasteiger partial charge >= 0.3 is 12.4 Å². The average molecular weight is 407 g/mol. The minimum absolute atomic E-state index is 0.109. The van der Waals surface area contributed by atoms with Crippen molar-refractivity contribution in [3.8, 4) is 0 Å². The van der Waals surface area contributed by atoms with Crippen LogP contribution in [0.25, 0.3) is 0 Å². The number of amidine groups is 1. The molecule has 0 bridgehead atoms. The van der Waals surface area contributed by atoms with Crippen LogP contribution in [0, 0.1) is 0 Å². The topological polar surface area (TPSA) is 15.6 Å². The Balaban J connectivity index is 2.28. The summed E-state index contributed by atoms with van der Waals surface area (Å²) >= 11 is 5.77. The van der Waals surface area contributed by atoms with Gasteiger partial charge in [0.2, 0.25) is 0 Å². The number of benzene rings is 2. The Morgan fingerprint density at radius 3 is 1.89 bits per heavy atom.